The molecule has 0 aliphatic carbocycles. The van der Waals surface area contributed by atoms with Crippen molar-refractivity contribution in [1.29, 1.82) is 0 Å². The molecule has 3 heterocycles. The van der Waals surface area contributed by atoms with Crippen LogP contribution in [0.2, 0.25) is 0 Å². The van der Waals surface area contributed by atoms with Crippen LogP contribution in [-0.2, 0) is 14.6 Å². The molecule has 26 heavy (non-hydrogen) atoms. The number of hydrogen-bond donors (Lipinski definition) is 1. The Labute approximate surface area is 155 Å². The van der Waals surface area contributed by atoms with Crippen molar-refractivity contribution in [1.82, 2.24) is 4.98 Å². The van der Waals surface area contributed by atoms with Crippen molar-refractivity contribution in [3.05, 3.63) is 70.2 Å². The summed E-state index contributed by atoms with van der Waals surface area (Å²) in [4.78, 5) is 17.6. The largest absolute Gasteiger partial charge is 0.324 e. The standard InChI is InChI=1S/C19H16N2O3S2/c1-12-4-6-14(7-5-12)26(23,24)16-11-25-19-15(9-17(22)21-18(16)19)13-3-2-8-20-10-13/h2-8,10-11,15H,9H2,1H3,(H,21,22)/t15-/m1/s1. The molecule has 0 saturated heterocycles. The van der Waals surface area contributed by atoms with Crippen molar-refractivity contribution in [3.63, 3.8) is 0 Å². The Bertz CT molecular complexity index is 1070. The van der Waals surface area contributed by atoms with E-state index in [0.29, 0.717) is 5.69 Å². The molecule has 5 nitrogen and oxygen atoms in total. The number of rotatable bonds is 3. The molecule has 0 unspecified atom stereocenters. The Morgan fingerprint density at radius 3 is 2.65 bits per heavy atom. The van der Waals surface area contributed by atoms with E-state index in [1.807, 2.05) is 19.1 Å². The predicted molar refractivity (Wildman–Crippen MR) is 100 cm³/mol. The van der Waals surface area contributed by atoms with Gasteiger partial charge in [-0.2, -0.15) is 0 Å². The van der Waals surface area contributed by atoms with Crippen LogP contribution in [0.25, 0.3) is 0 Å². The van der Waals surface area contributed by atoms with E-state index >= 15 is 0 Å². The third-order valence-corrected chi connectivity index (χ3v) is 7.50. The summed E-state index contributed by atoms with van der Waals surface area (Å²) in [5.74, 6) is -0.371. The SMILES string of the molecule is Cc1ccc(S(=O)(=O)c2csc3c2NC(=O)C[C@@H]3c2cccnc2)cc1. The van der Waals surface area contributed by atoms with Crippen molar-refractivity contribution in [2.45, 2.75) is 29.1 Å². The van der Waals surface area contributed by atoms with Gasteiger partial charge in [0.25, 0.3) is 0 Å². The van der Waals surface area contributed by atoms with Gasteiger partial charge in [-0.15, -0.1) is 11.3 Å². The van der Waals surface area contributed by atoms with E-state index in [-0.39, 0.29) is 28.0 Å². The molecule has 1 amide bonds. The van der Waals surface area contributed by atoms with Gasteiger partial charge in [0, 0.05) is 35.0 Å². The van der Waals surface area contributed by atoms with E-state index in [2.05, 4.69) is 10.3 Å². The highest BCUT2D eigenvalue weighted by Gasteiger charge is 2.34. The number of pyridine rings is 1. The number of aryl methyl sites for hydroxylation is 1. The number of aromatic nitrogens is 1. The minimum atomic E-state index is -3.70. The fraction of sp³-hybridized carbons (Fsp3) is 0.158. The summed E-state index contributed by atoms with van der Waals surface area (Å²) in [7, 11) is -3.70. The zero-order valence-electron chi connectivity index (χ0n) is 14.0. The smallest absolute Gasteiger partial charge is 0.225 e. The monoisotopic (exact) mass is 384 g/mol. The maximum absolute atomic E-state index is 13.1. The van der Waals surface area contributed by atoms with Gasteiger partial charge in [0.05, 0.1) is 10.6 Å². The Morgan fingerprint density at radius 2 is 1.96 bits per heavy atom. The number of fused-ring (bicyclic) bond motifs is 1. The molecule has 3 aromatic rings. The van der Waals surface area contributed by atoms with E-state index in [1.54, 1.807) is 42.0 Å². The second kappa shape index (κ2) is 6.34. The zero-order chi connectivity index (χ0) is 18.3. The van der Waals surface area contributed by atoms with Gasteiger partial charge in [-0.05, 0) is 30.7 Å². The molecule has 1 aliphatic heterocycles. The number of hydrogen-bond acceptors (Lipinski definition) is 5. The van der Waals surface area contributed by atoms with E-state index in [1.165, 1.54) is 11.3 Å². The van der Waals surface area contributed by atoms with Crippen LogP contribution in [0, 0.1) is 6.92 Å². The maximum atomic E-state index is 13.1. The number of thiophene rings is 1. The van der Waals surface area contributed by atoms with Crippen molar-refractivity contribution < 1.29 is 13.2 Å². The third kappa shape index (κ3) is 2.83. The van der Waals surface area contributed by atoms with Crippen molar-refractivity contribution in [3.8, 4) is 0 Å². The number of carbonyl (C=O) groups is 1. The average Bonchev–Trinajstić information content (AvgIpc) is 3.06. The van der Waals surface area contributed by atoms with E-state index in [0.717, 1.165) is 16.0 Å². The molecule has 7 heteroatoms. The van der Waals surface area contributed by atoms with Gasteiger partial charge in [-0.3, -0.25) is 9.78 Å². The minimum absolute atomic E-state index is 0.156. The van der Waals surface area contributed by atoms with Crippen LogP contribution in [0.15, 0.2) is 64.0 Å². The summed E-state index contributed by atoms with van der Waals surface area (Å²) in [5.41, 5.74) is 2.30. The maximum Gasteiger partial charge on any atom is 0.225 e. The first-order valence-electron chi connectivity index (χ1n) is 8.10. The van der Waals surface area contributed by atoms with Crippen molar-refractivity contribution in [2.75, 3.05) is 5.32 Å². The fourth-order valence-corrected chi connectivity index (χ4v) is 6.01. The second-order valence-corrected chi connectivity index (χ2v) is 9.08. The normalized spacial score (nSPS) is 16.8. The highest BCUT2D eigenvalue weighted by atomic mass is 32.2. The van der Waals surface area contributed by atoms with Gasteiger partial charge in [-0.25, -0.2) is 8.42 Å². The number of sulfone groups is 1. The van der Waals surface area contributed by atoms with Gasteiger partial charge in [0.1, 0.15) is 4.90 Å². The molecular weight excluding hydrogens is 368 g/mol. The van der Waals surface area contributed by atoms with Crippen LogP contribution in [-0.4, -0.2) is 19.3 Å². The van der Waals surface area contributed by atoms with Gasteiger partial charge in [0.2, 0.25) is 15.7 Å². The minimum Gasteiger partial charge on any atom is -0.324 e. The van der Waals surface area contributed by atoms with Crippen LogP contribution < -0.4 is 5.32 Å². The molecule has 1 N–H and O–H groups in total. The molecule has 0 saturated carbocycles. The first-order valence-corrected chi connectivity index (χ1v) is 10.5. The number of amides is 1. The molecule has 1 aliphatic rings. The summed E-state index contributed by atoms with van der Waals surface area (Å²) in [6.07, 6.45) is 3.68. The fourth-order valence-electron chi connectivity index (χ4n) is 3.10. The van der Waals surface area contributed by atoms with Gasteiger partial charge in [-0.1, -0.05) is 23.8 Å². The number of nitrogens with one attached hydrogen (secondary N) is 1. The number of benzene rings is 1. The summed E-state index contributed by atoms with van der Waals surface area (Å²) >= 11 is 1.36. The van der Waals surface area contributed by atoms with E-state index in [9.17, 15) is 13.2 Å². The molecule has 1 atom stereocenters. The summed E-state index contributed by atoms with van der Waals surface area (Å²) in [6, 6.07) is 10.5. The molecular formula is C19H16N2O3S2. The lowest BCUT2D eigenvalue weighted by molar-refractivity contribution is -0.116. The molecule has 0 fully saturated rings. The van der Waals surface area contributed by atoms with Crippen LogP contribution in [0.1, 0.15) is 28.3 Å². The molecule has 132 valence electrons. The number of carbonyl (C=O) groups excluding carboxylic acids is 1. The summed E-state index contributed by atoms with van der Waals surface area (Å²) in [5, 5.41) is 4.39. The van der Waals surface area contributed by atoms with Gasteiger partial charge >= 0.3 is 0 Å². The predicted octanol–water partition coefficient (Wildman–Crippen LogP) is 3.76. The zero-order valence-corrected chi connectivity index (χ0v) is 15.6. The Balaban J connectivity index is 1.83. The molecule has 4 rings (SSSR count). The molecule has 2 aromatic heterocycles. The van der Waals surface area contributed by atoms with Crippen LogP contribution in [0.3, 0.4) is 0 Å². The Kier molecular flexibility index (Phi) is 4.13. The lowest BCUT2D eigenvalue weighted by Crippen LogP contribution is -2.23. The summed E-state index contributed by atoms with van der Waals surface area (Å²) in [6.45, 7) is 1.90. The number of anilines is 1. The highest BCUT2D eigenvalue weighted by Crippen LogP contribution is 2.45. The van der Waals surface area contributed by atoms with Gasteiger partial charge < -0.3 is 5.32 Å². The lowest BCUT2D eigenvalue weighted by atomic mass is 9.92. The van der Waals surface area contributed by atoms with Gasteiger partial charge in [0.15, 0.2) is 0 Å². The Morgan fingerprint density at radius 1 is 1.19 bits per heavy atom. The molecule has 1 aromatic carbocycles. The topological polar surface area (TPSA) is 76.1 Å². The second-order valence-electron chi connectivity index (χ2n) is 6.25. The average molecular weight is 384 g/mol. The van der Waals surface area contributed by atoms with Crippen LogP contribution in [0.4, 0.5) is 5.69 Å². The van der Waals surface area contributed by atoms with E-state index in [4.69, 9.17) is 0 Å². The molecule has 0 spiro atoms. The number of nitrogens with zero attached hydrogens (tertiary/aromatic N) is 1. The summed E-state index contributed by atoms with van der Waals surface area (Å²) < 4.78 is 26.1. The van der Waals surface area contributed by atoms with Crippen LogP contribution in [0.5, 0.6) is 0 Å². The van der Waals surface area contributed by atoms with Crippen molar-refractivity contribution >= 4 is 32.8 Å². The van der Waals surface area contributed by atoms with Crippen LogP contribution >= 0.6 is 11.3 Å². The quantitative estimate of drug-likeness (QED) is 0.746. The third-order valence-electron chi connectivity index (χ3n) is 4.46. The Hall–Kier alpha value is -2.51. The highest BCUT2D eigenvalue weighted by molar-refractivity contribution is 7.91. The molecule has 0 radical (unpaired) electrons. The lowest BCUT2D eigenvalue weighted by Gasteiger charge is -2.23. The van der Waals surface area contributed by atoms with E-state index < -0.39 is 9.84 Å². The van der Waals surface area contributed by atoms with Crippen molar-refractivity contribution in [2.24, 2.45) is 0 Å². The first kappa shape index (κ1) is 16.9. The molecule has 0 bridgehead atoms. The first-order chi connectivity index (χ1) is 12.5.